The fourth-order valence-electron chi connectivity index (χ4n) is 1.47. The molecule has 2 atom stereocenters. The summed E-state index contributed by atoms with van der Waals surface area (Å²) < 4.78 is 11.7. The van der Waals surface area contributed by atoms with Crippen LogP contribution in [0.5, 0.6) is 0 Å². The van der Waals surface area contributed by atoms with Crippen molar-refractivity contribution in [3.8, 4) is 0 Å². The summed E-state index contributed by atoms with van der Waals surface area (Å²) in [5.74, 6) is -4.37. The summed E-state index contributed by atoms with van der Waals surface area (Å²) in [5, 5.41) is 17.9. The van der Waals surface area contributed by atoms with Crippen LogP contribution in [0, 0.1) is 6.08 Å². The SMILES string of the molecule is Fc1ncccn1.N[C@@H]1CCCC[C@H]1N.O=C([O-])C(=O)[O-].[Pt+2]. The van der Waals surface area contributed by atoms with Gasteiger partial charge in [-0.2, -0.15) is 4.39 Å². The minimum atomic E-state index is -2.19. The second-order valence-corrected chi connectivity index (χ2v) is 4.20. The van der Waals surface area contributed by atoms with Crippen molar-refractivity contribution < 1.29 is 45.3 Å². The smallest absolute Gasteiger partial charge is 0.543 e. The molecule has 8 nitrogen and oxygen atoms in total. The van der Waals surface area contributed by atoms with E-state index in [1.54, 1.807) is 6.07 Å². The number of nitrogens with two attached hydrogens (primary N) is 2. The molecule has 126 valence electrons. The number of hydrogen-bond acceptors (Lipinski definition) is 8. The molecule has 10 heteroatoms. The Morgan fingerprint density at radius 1 is 1.05 bits per heavy atom. The zero-order chi connectivity index (χ0) is 16.3. The maximum atomic E-state index is 11.7. The van der Waals surface area contributed by atoms with E-state index in [-0.39, 0.29) is 33.1 Å². The Balaban J connectivity index is 0. The van der Waals surface area contributed by atoms with E-state index in [9.17, 15) is 4.39 Å². The van der Waals surface area contributed by atoms with Gasteiger partial charge in [-0.3, -0.25) is 0 Å². The average Bonchev–Trinajstić information content (AvgIpc) is 2.44. The van der Waals surface area contributed by atoms with E-state index in [4.69, 9.17) is 31.3 Å². The first-order valence-corrected chi connectivity index (χ1v) is 6.20. The fourth-order valence-corrected chi connectivity index (χ4v) is 1.47. The number of carbonyl (C=O) groups is 2. The van der Waals surface area contributed by atoms with Crippen LogP contribution >= 0.6 is 0 Å². The van der Waals surface area contributed by atoms with Crippen LogP contribution in [0.15, 0.2) is 18.5 Å². The number of carbonyl (C=O) groups excluding carboxylic acids is 2. The second kappa shape index (κ2) is 13.2. The summed E-state index contributed by atoms with van der Waals surface area (Å²) >= 11 is 0. The molecule has 1 aromatic rings. The number of nitrogens with zero attached hydrogens (tertiary/aromatic N) is 2. The number of halogens is 1. The summed E-state index contributed by atoms with van der Waals surface area (Å²) in [4.78, 5) is 24.3. The maximum absolute atomic E-state index is 11.7. The standard InChI is InChI=1S/C6H14N2.C4H3FN2.C2H2O4.Pt/c7-5-3-1-2-4-6(5)8;5-4-6-2-1-3-7-4;3-1(4)2(5)6;/h5-6H,1-4,7-8H2;1-3H;(H,3,4)(H,5,6);/q;;;+2/p-2/t5-,6-;;;/m1.../s1. The molecular weight excluding hydrogens is 478 g/mol. The monoisotopic (exact) mass is 495 g/mol. The average molecular weight is 495 g/mol. The molecule has 22 heavy (non-hydrogen) atoms. The van der Waals surface area contributed by atoms with Crippen molar-refractivity contribution in [2.45, 2.75) is 37.8 Å². The number of hydrogen-bond donors (Lipinski definition) is 2. The van der Waals surface area contributed by atoms with Crippen molar-refractivity contribution >= 4 is 11.9 Å². The molecule has 0 radical (unpaired) electrons. The van der Waals surface area contributed by atoms with Gasteiger partial charge in [-0.05, 0) is 18.9 Å². The van der Waals surface area contributed by atoms with Crippen LogP contribution in [0.4, 0.5) is 4.39 Å². The van der Waals surface area contributed by atoms with E-state index in [1.807, 2.05) is 0 Å². The summed E-state index contributed by atoms with van der Waals surface area (Å²) in [5.41, 5.74) is 11.3. The van der Waals surface area contributed by atoms with Crippen LogP contribution in [0.1, 0.15) is 25.7 Å². The fraction of sp³-hybridized carbons (Fsp3) is 0.500. The van der Waals surface area contributed by atoms with E-state index in [0.29, 0.717) is 0 Å². The quantitative estimate of drug-likeness (QED) is 0.291. The number of carboxylic acids is 2. The largest absolute Gasteiger partial charge is 2.00 e. The molecule has 0 aromatic carbocycles. The molecular formula is C12H17FN4O4Pt. The van der Waals surface area contributed by atoms with Gasteiger partial charge in [-0.15, -0.1) is 0 Å². The molecule has 4 N–H and O–H groups in total. The van der Waals surface area contributed by atoms with Crippen LogP contribution in [0.2, 0.25) is 0 Å². The van der Waals surface area contributed by atoms with E-state index in [2.05, 4.69) is 9.97 Å². The molecule has 1 aromatic heterocycles. The normalized spacial score (nSPS) is 19.2. The summed E-state index contributed by atoms with van der Waals surface area (Å²) in [6, 6.07) is 2.12. The van der Waals surface area contributed by atoms with Gasteiger partial charge in [-0.1, -0.05) is 12.8 Å². The Hall–Kier alpha value is -1.44. The zero-order valence-electron chi connectivity index (χ0n) is 11.6. The van der Waals surface area contributed by atoms with Crippen molar-refractivity contribution in [3.05, 3.63) is 24.5 Å². The van der Waals surface area contributed by atoms with Crippen molar-refractivity contribution in [2.24, 2.45) is 11.5 Å². The molecule has 0 saturated heterocycles. The van der Waals surface area contributed by atoms with Crippen LogP contribution in [0.25, 0.3) is 0 Å². The van der Waals surface area contributed by atoms with Gasteiger partial charge in [0.2, 0.25) is 0 Å². The molecule has 1 saturated carbocycles. The van der Waals surface area contributed by atoms with E-state index >= 15 is 0 Å². The Bertz CT molecular complexity index is 416. The Morgan fingerprint density at radius 3 is 1.59 bits per heavy atom. The summed E-state index contributed by atoms with van der Waals surface area (Å²) in [7, 11) is 0. The van der Waals surface area contributed by atoms with Gasteiger partial charge in [0.25, 0.3) is 0 Å². The molecule has 2 rings (SSSR count). The first-order valence-electron chi connectivity index (χ1n) is 6.20. The van der Waals surface area contributed by atoms with Gasteiger partial charge in [-0.25, -0.2) is 9.97 Å². The van der Waals surface area contributed by atoms with Crippen molar-refractivity contribution in [1.29, 1.82) is 0 Å². The molecule has 0 aliphatic heterocycles. The number of aliphatic carboxylic acids is 2. The maximum Gasteiger partial charge on any atom is 2.00 e. The Morgan fingerprint density at radius 2 is 1.41 bits per heavy atom. The van der Waals surface area contributed by atoms with Gasteiger partial charge >= 0.3 is 27.1 Å². The Kier molecular flexibility index (Phi) is 13.7. The van der Waals surface area contributed by atoms with Crippen LogP contribution in [0.3, 0.4) is 0 Å². The topological polar surface area (TPSA) is 158 Å². The molecule has 1 aliphatic rings. The number of aromatic nitrogens is 2. The minimum absolute atomic E-state index is 0. The molecule has 0 spiro atoms. The van der Waals surface area contributed by atoms with Crippen LogP contribution in [-0.2, 0) is 30.7 Å². The van der Waals surface area contributed by atoms with Gasteiger partial charge in [0.15, 0.2) is 0 Å². The molecule has 0 amide bonds. The number of carboxylic acid groups (broad SMARTS) is 2. The molecule has 1 fully saturated rings. The number of rotatable bonds is 0. The minimum Gasteiger partial charge on any atom is -0.543 e. The van der Waals surface area contributed by atoms with Crippen LogP contribution < -0.4 is 21.7 Å². The van der Waals surface area contributed by atoms with Crippen LogP contribution in [-0.4, -0.2) is 34.0 Å². The second-order valence-electron chi connectivity index (χ2n) is 4.20. The zero-order valence-corrected chi connectivity index (χ0v) is 13.9. The Labute approximate surface area is 141 Å². The third kappa shape index (κ3) is 12.3. The third-order valence-electron chi connectivity index (χ3n) is 2.58. The summed E-state index contributed by atoms with van der Waals surface area (Å²) in [6.07, 6.45) is 6.82. The van der Waals surface area contributed by atoms with Crippen molar-refractivity contribution in [1.82, 2.24) is 9.97 Å². The van der Waals surface area contributed by atoms with Gasteiger partial charge in [0, 0.05) is 24.5 Å². The first-order chi connectivity index (χ1) is 9.84. The first kappa shape index (κ1) is 22.8. The predicted octanol–water partition coefficient (Wildman–Crippen LogP) is -2.69. The molecule has 1 heterocycles. The van der Waals surface area contributed by atoms with E-state index in [1.165, 1.54) is 25.2 Å². The molecule has 0 bridgehead atoms. The van der Waals surface area contributed by atoms with E-state index < -0.39 is 18.0 Å². The van der Waals surface area contributed by atoms with Gasteiger partial charge in [0.1, 0.15) is 0 Å². The van der Waals surface area contributed by atoms with Gasteiger partial charge in [0.05, 0.1) is 11.9 Å². The van der Waals surface area contributed by atoms with Crippen molar-refractivity contribution in [3.63, 3.8) is 0 Å². The van der Waals surface area contributed by atoms with Gasteiger partial charge < -0.3 is 31.3 Å². The predicted molar refractivity (Wildman–Crippen MR) is 66.4 cm³/mol. The summed E-state index contributed by atoms with van der Waals surface area (Å²) in [6.45, 7) is 0. The molecule has 1 aliphatic carbocycles. The molecule has 0 unspecified atom stereocenters. The van der Waals surface area contributed by atoms with Crippen molar-refractivity contribution in [2.75, 3.05) is 0 Å². The van der Waals surface area contributed by atoms with E-state index in [0.717, 1.165) is 12.8 Å². The third-order valence-corrected chi connectivity index (χ3v) is 2.58.